The molecular formula is C26H24N6O5S. The van der Waals surface area contributed by atoms with Gasteiger partial charge in [-0.1, -0.05) is 30.8 Å². The van der Waals surface area contributed by atoms with Crippen LogP contribution in [0.25, 0.3) is 6.08 Å². The fourth-order valence-corrected chi connectivity index (χ4v) is 5.28. The van der Waals surface area contributed by atoms with E-state index in [1.54, 1.807) is 24.3 Å². The van der Waals surface area contributed by atoms with Gasteiger partial charge in [-0.05, 0) is 53.3 Å². The van der Waals surface area contributed by atoms with Crippen LogP contribution in [0, 0.1) is 20.2 Å². The van der Waals surface area contributed by atoms with Gasteiger partial charge in [0.05, 0.1) is 15.4 Å². The van der Waals surface area contributed by atoms with Gasteiger partial charge in [0, 0.05) is 49.0 Å². The molecule has 2 aliphatic heterocycles. The van der Waals surface area contributed by atoms with E-state index in [9.17, 15) is 25.0 Å². The molecule has 11 nitrogen and oxygen atoms in total. The number of thioether (sulfide) groups is 1. The topological polar surface area (TPSA) is 147 Å². The first-order valence-electron chi connectivity index (χ1n) is 11.9. The summed E-state index contributed by atoms with van der Waals surface area (Å²) in [6, 6.07) is 12.6. The number of likely N-dealkylation sites (N-methyl/N-ethyl adjacent to an activating group) is 1. The maximum Gasteiger partial charge on any atom is 0.269 e. The van der Waals surface area contributed by atoms with Crippen LogP contribution in [0.5, 0.6) is 0 Å². The van der Waals surface area contributed by atoms with Gasteiger partial charge in [-0.3, -0.25) is 29.9 Å². The third-order valence-electron chi connectivity index (χ3n) is 6.77. The average Bonchev–Trinajstić information content (AvgIpc) is 2.92. The first kappa shape index (κ1) is 25.4. The predicted molar refractivity (Wildman–Crippen MR) is 145 cm³/mol. The third-order valence-corrected chi connectivity index (χ3v) is 7.35. The van der Waals surface area contributed by atoms with Gasteiger partial charge in [-0.25, -0.2) is 4.98 Å². The number of anilines is 1. The Bertz CT molecular complexity index is 1550. The van der Waals surface area contributed by atoms with Crippen LogP contribution in [0.3, 0.4) is 0 Å². The Morgan fingerprint density at radius 1 is 1.05 bits per heavy atom. The highest BCUT2D eigenvalue weighted by molar-refractivity contribution is 7.98. The summed E-state index contributed by atoms with van der Waals surface area (Å²) in [7, 11) is 0. The van der Waals surface area contributed by atoms with E-state index >= 15 is 0 Å². The molecule has 2 N–H and O–H groups in total. The molecule has 0 saturated carbocycles. The number of benzene rings is 2. The second-order valence-electron chi connectivity index (χ2n) is 8.97. The van der Waals surface area contributed by atoms with Crippen molar-refractivity contribution >= 4 is 35.0 Å². The van der Waals surface area contributed by atoms with Gasteiger partial charge in [0.15, 0.2) is 5.16 Å². The van der Waals surface area contributed by atoms with Crippen LogP contribution in [0.2, 0.25) is 0 Å². The van der Waals surface area contributed by atoms with Crippen LogP contribution >= 0.6 is 11.8 Å². The van der Waals surface area contributed by atoms with Crippen molar-refractivity contribution < 1.29 is 9.85 Å². The number of non-ortho nitro benzene ring substituents is 2. The average molecular weight is 533 g/mol. The Kier molecular flexibility index (Phi) is 6.83. The number of nitro groups is 2. The lowest BCUT2D eigenvalue weighted by molar-refractivity contribution is -0.385. The summed E-state index contributed by atoms with van der Waals surface area (Å²) in [5.74, 6) is -0.0245. The smallest absolute Gasteiger partial charge is 0.269 e. The lowest BCUT2D eigenvalue weighted by Crippen LogP contribution is -2.40. The predicted octanol–water partition coefficient (Wildman–Crippen LogP) is 4.54. The molecular weight excluding hydrogens is 508 g/mol. The zero-order valence-corrected chi connectivity index (χ0v) is 21.4. The molecule has 0 bridgehead atoms. The van der Waals surface area contributed by atoms with Crippen LogP contribution in [-0.4, -0.2) is 50.6 Å². The standard InChI is InChI=1S/C26H24N6O5S/c1-3-30-13-17(12-15-4-8-18(9-5-15)31(34)35)23-20(14-30)21(16-6-10-19(11-7-16)32(36)37)22-24(27-23)28-26(38-2)29-25(22)33/h4-12,21H,3,13-14H2,1-2H3,(H2,27,28,29,33)/b17-12+. The highest BCUT2D eigenvalue weighted by atomic mass is 32.2. The van der Waals surface area contributed by atoms with E-state index in [4.69, 9.17) is 0 Å². The van der Waals surface area contributed by atoms with Crippen molar-refractivity contribution in [1.82, 2.24) is 14.9 Å². The van der Waals surface area contributed by atoms with Crippen molar-refractivity contribution in [3.8, 4) is 0 Å². The first-order chi connectivity index (χ1) is 18.3. The minimum absolute atomic E-state index is 0.0156. The van der Waals surface area contributed by atoms with Gasteiger partial charge in [0.1, 0.15) is 5.82 Å². The number of nitro benzene ring substituents is 2. The molecule has 3 heterocycles. The van der Waals surface area contributed by atoms with Crippen molar-refractivity contribution in [2.24, 2.45) is 0 Å². The van der Waals surface area contributed by atoms with E-state index in [0.29, 0.717) is 29.6 Å². The largest absolute Gasteiger partial charge is 0.339 e. The molecule has 2 aromatic carbocycles. The Morgan fingerprint density at radius 3 is 2.26 bits per heavy atom. The molecule has 12 heteroatoms. The number of fused-ring (bicyclic) bond motifs is 1. The molecule has 2 aliphatic rings. The second kappa shape index (κ2) is 10.2. The normalized spacial score (nSPS) is 18.1. The van der Waals surface area contributed by atoms with Crippen LogP contribution in [-0.2, 0) is 0 Å². The lowest BCUT2D eigenvalue weighted by Gasteiger charge is -2.39. The summed E-state index contributed by atoms with van der Waals surface area (Å²) in [5, 5.41) is 26.2. The molecule has 0 spiro atoms. The first-order valence-corrected chi connectivity index (χ1v) is 13.1. The molecule has 0 radical (unpaired) electrons. The molecule has 0 amide bonds. The number of H-pyrrole nitrogens is 1. The summed E-state index contributed by atoms with van der Waals surface area (Å²) >= 11 is 1.32. The van der Waals surface area contributed by atoms with Gasteiger partial charge in [0.25, 0.3) is 16.9 Å². The van der Waals surface area contributed by atoms with E-state index in [-0.39, 0.29) is 16.9 Å². The van der Waals surface area contributed by atoms with E-state index in [1.807, 2.05) is 12.3 Å². The monoisotopic (exact) mass is 532 g/mol. The quantitative estimate of drug-likeness (QED) is 0.202. The van der Waals surface area contributed by atoms with E-state index in [0.717, 1.165) is 34.5 Å². The van der Waals surface area contributed by atoms with Crippen LogP contribution in [0.1, 0.15) is 29.5 Å². The number of nitrogens with one attached hydrogen (secondary N) is 2. The third kappa shape index (κ3) is 4.71. The maximum atomic E-state index is 13.3. The zero-order valence-electron chi connectivity index (χ0n) is 20.6. The SMILES string of the molecule is CCN1CC2=C(Nc3nc(SC)[nH]c(=O)c3C2c2ccc([N+](=O)[O-])cc2)/C(=C/c2ccc([N+](=O)[O-])cc2)C1. The number of hydrogen-bond donors (Lipinski definition) is 2. The molecule has 5 rings (SSSR count). The fourth-order valence-electron chi connectivity index (χ4n) is 4.90. The molecule has 0 saturated heterocycles. The van der Waals surface area contributed by atoms with Crippen LogP contribution in [0.4, 0.5) is 17.2 Å². The van der Waals surface area contributed by atoms with Crippen molar-refractivity contribution in [3.05, 3.63) is 113 Å². The molecule has 0 fully saturated rings. The van der Waals surface area contributed by atoms with E-state index in [2.05, 4.69) is 27.1 Å². The minimum Gasteiger partial charge on any atom is -0.339 e. The van der Waals surface area contributed by atoms with Gasteiger partial charge in [-0.2, -0.15) is 0 Å². The molecule has 1 unspecified atom stereocenters. The van der Waals surface area contributed by atoms with Crippen LogP contribution in [0.15, 0.2) is 75.3 Å². The van der Waals surface area contributed by atoms with Gasteiger partial charge >= 0.3 is 0 Å². The molecule has 1 atom stereocenters. The van der Waals surface area contributed by atoms with Crippen LogP contribution < -0.4 is 10.9 Å². The number of aromatic nitrogens is 2. The molecule has 194 valence electrons. The van der Waals surface area contributed by atoms with Crippen molar-refractivity contribution in [2.45, 2.75) is 18.0 Å². The van der Waals surface area contributed by atoms with Crippen molar-refractivity contribution in [2.75, 3.05) is 31.2 Å². The van der Waals surface area contributed by atoms with Crippen molar-refractivity contribution in [3.63, 3.8) is 0 Å². The number of rotatable bonds is 6. The summed E-state index contributed by atoms with van der Waals surface area (Å²) in [6.07, 6.45) is 3.81. The van der Waals surface area contributed by atoms with Gasteiger partial charge < -0.3 is 10.3 Å². The Hall–Kier alpha value is -4.29. The molecule has 1 aromatic heterocycles. The fraction of sp³-hybridized carbons (Fsp3) is 0.231. The Balaban J connectivity index is 1.70. The highest BCUT2D eigenvalue weighted by Gasteiger charge is 2.37. The van der Waals surface area contributed by atoms with Gasteiger partial charge in [0.2, 0.25) is 0 Å². The number of aromatic amines is 1. The highest BCUT2D eigenvalue weighted by Crippen LogP contribution is 2.44. The van der Waals surface area contributed by atoms with Gasteiger partial charge in [-0.15, -0.1) is 0 Å². The summed E-state index contributed by atoms with van der Waals surface area (Å²) < 4.78 is 0. The molecule has 0 aliphatic carbocycles. The zero-order chi connectivity index (χ0) is 27.0. The molecule has 3 aromatic rings. The Morgan fingerprint density at radius 2 is 1.68 bits per heavy atom. The minimum atomic E-state index is -0.469. The maximum absolute atomic E-state index is 13.3. The Labute approximate surface area is 221 Å². The second-order valence-corrected chi connectivity index (χ2v) is 9.76. The summed E-state index contributed by atoms with van der Waals surface area (Å²) in [5.41, 5.74) is 4.49. The van der Waals surface area contributed by atoms with E-state index in [1.165, 1.54) is 36.0 Å². The number of hydrogen-bond acceptors (Lipinski definition) is 9. The molecule has 38 heavy (non-hydrogen) atoms. The summed E-state index contributed by atoms with van der Waals surface area (Å²) in [4.78, 5) is 44.5. The van der Waals surface area contributed by atoms with E-state index < -0.39 is 15.8 Å². The summed E-state index contributed by atoms with van der Waals surface area (Å²) in [6.45, 7) is 4.02. The van der Waals surface area contributed by atoms with Crippen molar-refractivity contribution in [1.29, 1.82) is 0 Å². The number of nitrogens with zero attached hydrogens (tertiary/aromatic N) is 4. The lowest BCUT2D eigenvalue weighted by atomic mass is 9.79.